The first-order chi connectivity index (χ1) is 11.0. The molecule has 0 spiro atoms. The molecule has 0 fully saturated rings. The highest BCUT2D eigenvalue weighted by Crippen LogP contribution is 2.14. The number of pyridine rings is 1. The van der Waals surface area contributed by atoms with Gasteiger partial charge in [0.05, 0.1) is 5.56 Å². The summed E-state index contributed by atoms with van der Waals surface area (Å²) >= 11 is 0. The highest BCUT2D eigenvalue weighted by Gasteiger charge is 2.07. The zero-order valence-electron chi connectivity index (χ0n) is 12.4. The first kappa shape index (κ1) is 16.2. The molecule has 0 radical (unpaired) electrons. The minimum Gasteiger partial charge on any atom is -0.482 e. The lowest BCUT2D eigenvalue weighted by molar-refractivity contribution is -0.139. The molecule has 6 heteroatoms. The molecule has 118 valence electrons. The Balaban J connectivity index is 2.15. The summed E-state index contributed by atoms with van der Waals surface area (Å²) in [5.74, 6) is -1.08. The summed E-state index contributed by atoms with van der Waals surface area (Å²) in [5.41, 5.74) is 0.388. The molecule has 2 rings (SSSR count). The summed E-state index contributed by atoms with van der Waals surface area (Å²) in [6.45, 7) is -0.438. The van der Waals surface area contributed by atoms with E-state index in [1.165, 1.54) is 16.7 Å². The second-order valence-electron chi connectivity index (χ2n) is 4.79. The molecule has 0 aliphatic rings. The van der Waals surface area contributed by atoms with E-state index in [0.29, 0.717) is 11.3 Å². The Morgan fingerprint density at radius 2 is 2.04 bits per heavy atom. The number of carboxylic acids is 1. The van der Waals surface area contributed by atoms with E-state index in [-0.39, 0.29) is 11.1 Å². The van der Waals surface area contributed by atoms with E-state index in [9.17, 15) is 14.4 Å². The van der Waals surface area contributed by atoms with Crippen LogP contribution in [0.3, 0.4) is 0 Å². The fourth-order valence-corrected chi connectivity index (χ4v) is 1.90. The minimum absolute atomic E-state index is 0.0875. The van der Waals surface area contributed by atoms with Crippen LogP contribution in [0.5, 0.6) is 5.75 Å². The molecule has 0 saturated carbocycles. The Morgan fingerprint density at radius 3 is 2.78 bits per heavy atom. The molecule has 0 saturated heterocycles. The molecular weight excluding hydrogens is 298 g/mol. The summed E-state index contributed by atoms with van der Waals surface area (Å²) < 4.78 is 6.40. The van der Waals surface area contributed by atoms with E-state index in [1.807, 2.05) is 0 Å². The van der Waals surface area contributed by atoms with Crippen molar-refractivity contribution in [2.24, 2.45) is 7.05 Å². The number of ketones is 1. The number of carbonyl (C=O) groups excluding carboxylic acids is 1. The van der Waals surface area contributed by atoms with Crippen LogP contribution in [0.2, 0.25) is 0 Å². The summed E-state index contributed by atoms with van der Waals surface area (Å²) in [4.78, 5) is 34.4. The molecule has 6 nitrogen and oxygen atoms in total. The minimum atomic E-state index is -1.07. The molecule has 0 atom stereocenters. The highest BCUT2D eigenvalue weighted by molar-refractivity contribution is 6.06. The third-order valence-corrected chi connectivity index (χ3v) is 3.04. The number of hydrogen-bond acceptors (Lipinski definition) is 4. The summed E-state index contributed by atoms with van der Waals surface area (Å²) in [6.07, 6.45) is 4.42. The van der Waals surface area contributed by atoms with Crippen molar-refractivity contribution in [1.29, 1.82) is 0 Å². The molecule has 1 aromatic heterocycles. The number of aromatic nitrogens is 1. The van der Waals surface area contributed by atoms with Crippen molar-refractivity contribution in [3.05, 3.63) is 70.2 Å². The second-order valence-corrected chi connectivity index (χ2v) is 4.79. The van der Waals surface area contributed by atoms with Gasteiger partial charge in [0.25, 0.3) is 5.56 Å². The van der Waals surface area contributed by atoms with E-state index < -0.39 is 18.4 Å². The fourth-order valence-electron chi connectivity index (χ4n) is 1.90. The number of aliphatic carboxylic acids is 1. The lowest BCUT2D eigenvalue weighted by atomic mass is 10.1. The molecule has 1 N–H and O–H groups in total. The molecule has 0 aliphatic heterocycles. The van der Waals surface area contributed by atoms with Gasteiger partial charge in [-0.1, -0.05) is 18.2 Å². The molecule has 1 heterocycles. The van der Waals surface area contributed by atoms with Gasteiger partial charge in [0.15, 0.2) is 12.4 Å². The number of hydrogen-bond donors (Lipinski definition) is 1. The maximum absolute atomic E-state index is 12.1. The van der Waals surface area contributed by atoms with Crippen molar-refractivity contribution in [3.63, 3.8) is 0 Å². The van der Waals surface area contributed by atoms with Crippen LogP contribution in [-0.4, -0.2) is 28.0 Å². The van der Waals surface area contributed by atoms with Crippen LogP contribution in [0.15, 0.2) is 53.5 Å². The van der Waals surface area contributed by atoms with Crippen LogP contribution >= 0.6 is 0 Å². The fraction of sp³-hybridized carbons (Fsp3) is 0.118. The zero-order chi connectivity index (χ0) is 16.8. The zero-order valence-corrected chi connectivity index (χ0v) is 12.4. The quantitative estimate of drug-likeness (QED) is 0.648. The first-order valence-electron chi connectivity index (χ1n) is 6.80. The van der Waals surface area contributed by atoms with Gasteiger partial charge in [-0.25, -0.2) is 4.79 Å². The van der Waals surface area contributed by atoms with Crippen molar-refractivity contribution < 1.29 is 19.4 Å². The number of allylic oxidation sites excluding steroid dienone is 1. The number of benzene rings is 1. The summed E-state index contributed by atoms with van der Waals surface area (Å²) in [5, 5.41) is 8.58. The van der Waals surface area contributed by atoms with E-state index in [1.54, 1.807) is 49.7 Å². The molecule has 0 amide bonds. The highest BCUT2D eigenvalue weighted by atomic mass is 16.5. The molecule has 2 aromatic rings. The van der Waals surface area contributed by atoms with Crippen LogP contribution < -0.4 is 10.3 Å². The SMILES string of the molecule is Cn1cccc(C(=O)/C=C/c2cccc(OCC(=O)O)c2)c1=O. The van der Waals surface area contributed by atoms with Gasteiger partial charge in [0.1, 0.15) is 5.75 Å². The van der Waals surface area contributed by atoms with E-state index in [4.69, 9.17) is 9.84 Å². The van der Waals surface area contributed by atoms with Crippen molar-refractivity contribution in [1.82, 2.24) is 4.57 Å². The van der Waals surface area contributed by atoms with Gasteiger partial charge in [-0.15, -0.1) is 0 Å². The van der Waals surface area contributed by atoms with Gasteiger partial charge >= 0.3 is 5.97 Å². The normalized spacial score (nSPS) is 10.7. The van der Waals surface area contributed by atoms with E-state index in [0.717, 1.165) is 0 Å². The van der Waals surface area contributed by atoms with Gasteiger partial charge < -0.3 is 14.4 Å². The number of carboxylic acid groups (broad SMARTS) is 1. The van der Waals surface area contributed by atoms with Gasteiger partial charge in [0.2, 0.25) is 0 Å². The molecule has 23 heavy (non-hydrogen) atoms. The number of nitrogens with zero attached hydrogens (tertiary/aromatic N) is 1. The molecule has 1 aromatic carbocycles. The third kappa shape index (κ3) is 4.41. The Hall–Kier alpha value is -3.15. The average Bonchev–Trinajstić information content (AvgIpc) is 2.53. The third-order valence-electron chi connectivity index (χ3n) is 3.04. The first-order valence-corrected chi connectivity index (χ1v) is 6.80. The number of rotatable bonds is 6. The van der Waals surface area contributed by atoms with Gasteiger partial charge in [0, 0.05) is 13.2 Å². The van der Waals surface area contributed by atoms with Gasteiger partial charge in [-0.3, -0.25) is 9.59 Å². The largest absolute Gasteiger partial charge is 0.482 e. The molecule has 0 aliphatic carbocycles. The van der Waals surface area contributed by atoms with E-state index >= 15 is 0 Å². The van der Waals surface area contributed by atoms with Crippen molar-refractivity contribution in [3.8, 4) is 5.75 Å². The Labute approximate surface area is 132 Å². The number of aryl methyl sites for hydroxylation is 1. The van der Waals surface area contributed by atoms with Crippen LogP contribution in [0.4, 0.5) is 0 Å². The lowest BCUT2D eigenvalue weighted by Gasteiger charge is -2.03. The number of ether oxygens (including phenoxy) is 1. The number of carbonyl (C=O) groups is 2. The van der Waals surface area contributed by atoms with Crippen molar-refractivity contribution >= 4 is 17.8 Å². The maximum atomic E-state index is 12.1. The van der Waals surface area contributed by atoms with Gasteiger partial charge in [-0.2, -0.15) is 0 Å². The predicted octanol–water partition coefficient (Wildman–Crippen LogP) is 1.74. The standard InChI is InChI=1S/C17H15NO5/c1-18-9-3-6-14(17(18)22)15(19)8-7-12-4-2-5-13(10-12)23-11-16(20)21/h2-10H,11H2,1H3,(H,20,21)/b8-7+. The van der Waals surface area contributed by atoms with E-state index in [2.05, 4.69) is 0 Å². The van der Waals surface area contributed by atoms with Crippen molar-refractivity contribution in [2.45, 2.75) is 0 Å². The topological polar surface area (TPSA) is 85.6 Å². The molecule has 0 bridgehead atoms. The molecule has 0 unspecified atom stereocenters. The Bertz CT molecular complexity index is 820. The average molecular weight is 313 g/mol. The van der Waals surface area contributed by atoms with Crippen LogP contribution in [-0.2, 0) is 11.8 Å². The molecular formula is C17H15NO5. The Kier molecular flexibility index (Phi) is 5.09. The smallest absolute Gasteiger partial charge is 0.341 e. The van der Waals surface area contributed by atoms with Crippen molar-refractivity contribution in [2.75, 3.05) is 6.61 Å². The van der Waals surface area contributed by atoms with Gasteiger partial charge in [-0.05, 0) is 35.9 Å². The van der Waals surface area contributed by atoms with Crippen LogP contribution in [0.1, 0.15) is 15.9 Å². The summed E-state index contributed by atoms with van der Waals surface area (Å²) in [6, 6.07) is 9.75. The van der Waals surface area contributed by atoms with Crippen LogP contribution in [0.25, 0.3) is 6.08 Å². The maximum Gasteiger partial charge on any atom is 0.341 e. The predicted molar refractivity (Wildman–Crippen MR) is 84.6 cm³/mol. The van der Waals surface area contributed by atoms with Crippen LogP contribution in [0, 0.1) is 0 Å². The monoisotopic (exact) mass is 313 g/mol. The second kappa shape index (κ2) is 7.22. The summed E-state index contributed by atoms with van der Waals surface area (Å²) in [7, 11) is 1.58. The lowest BCUT2D eigenvalue weighted by Crippen LogP contribution is -2.22. The Morgan fingerprint density at radius 1 is 1.26 bits per heavy atom.